The summed E-state index contributed by atoms with van der Waals surface area (Å²) in [6.07, 6.45) is 2.22. The maximum absolute atomic E-state index is 12.2. The molecule has 2 saturated heterocycles. The van der Waals surface area contributed by atoms with Crippen LogP contribution in [0.15, 0.2) is 0 Å². The van der Waals surface area contributed by atoms with Crippen LogP contribution in [0.2, 0.25) is 0 Å². The summed E-state index contributed by atoms with van der Waals surface area (Å²) < 4.78 is 28.1. The fraction of sp³-hybridized carbons (Fsp3) is 0.857. The minimum atomic E-state index is -3.07. The Labute approximate surface area is 131 Å². The van der Waals surface area contributed by atoms with Gasteiger partial charge in [0.15, 0.2) is 9.84 Å². The molecule has 126 valence electrons. The van der Waals surface area contributed by atoms with Crippen LogP contribution >= 0.6 is 0 Å². The number of sulfone groups is 1. The summed E-state index contributed by atoms with van der Waals surface area (Å²) in [5, 5.41) is 2.94. The maximum atomic E-state index is 12.2. The van der Waals surface area contributed by atoms with Gasteiger partial charge in [-0.3, -0.25) is 4.79 Å². The first-order chi connectivity index (χ1) is 10.4. The average molecular weight is 332 g/mol. The molecule has 7 nitrogen and oxygen atoms in total. The molecule has 0 aromatic heterocycles. The largest absolute Gasteiger partial charge is 0.450 e. The first-order valence-corrected chi connectivity index (χ1v) is 9.66. The van der Waals surface area contributed by atoms with Gasteiger partial charge in [-0.2, -0.15) is 0 Å². The minimum absolute atomic E-state index is 0.00260. The predicted octanol–water partition coefficient (Wildman–Crippen LogP) is 0.548. The summed E-state index contributed by atoms with van der Waals surface area (Å²) in [6.45, 7) is 3.22. The van der Waals surface area contributed by atoms with Gasteiger partial charge >= 0.3 is 6.09 Å². The highest BCUT2D eigenvalue weighted by atomic mass is 32.2. The molecule has 0 saturated carbocycles. The van der Waals surface area contributed by atoms with E-state index >= 15 is 0 Å². The van der Waals surface area contributed by atoms with Crippen LogP contribution in [0.1, 0.15) is 32.6 Å². The van der Waals surface area contributed by atoms with Crippen molar-refractivity contribution >= 4 is 21.8 Å². The Bertz CT molecular complexity index is 511. The second kappa shape index (κ2) is 7.30. The van der Waals surface area contributed by atoms with E-state index in [1.54, 1.807) is 11.8 Å². The molecule has 2 aliphatic rings. The van der Waals surface area contributed by atoms with Crippen LogP contribution in [0.25, 0.3) is 0 Å². The lowest BCUT2D eigenvalue weighted by Crippen LogP contribution is -2.49. The van der Waals surface area contributed by atoms with Crippen LogP contribution in [-0.2, 0) is 19.4 Å². The van der Waals surface area contributed by atoms with E-state index in [1.807, 2.05) is 0 Å². The van der Waals surface area contributed by atoms with Gasteiger partial charge in [0.25, 0.3) is 0 Å². The smallest absolute Gasteiger partial charge is 0.409 e. The quantitative estimate of drug-likeness (QED) is 0.814. The first kappa shape index (κ1) is 17.1. The van der Waals surface area contributed by atoms with Crippen LogP contribution in [0, 0.1) is 5.92 Å². The Balaban J connectivity index is 1.78. The summed E-state index contributed by atoms with van der Waals surface area (Å²) in [6, 6.07) is 0.00260. The van der Waals surface area contributed by atoms with Crippen molar-refractivity contribution in [3.8, 4) is 0 Å². The normalized spacial score (nSPS) is 25.5. The van der Waals surface area contributed by atoms with E-state index in [-0.39, 0.29) is 29.5 Å². The van der Waals surface area contributed by atoms with Crippen LogP contribution in [0.3, 0.4) is 0 Å². The minimum Gasteiger partial charge on any atom is -0.450 e. The van der Waals surface area contributed by atoms with Gasteiger partial charge in [0, 0.05) is 19.1 Å². The second-order valence-electron chi connectivity index (χ2n) is 5.92. The van der Waals surface area contributed by atoms with E-state index in [1.165, 1.54) is 0 Å². The van der Waals surface area contributed by atoms with E-state index in [4.69, 9.17) is 4.74 Å². The summed E-state index contributed by atoms with van der Waals surface area (Å²) >= 11 is 0. The molecule has 22 heavy (non-hydrogen) atoms. The van der Waals surface area contributed by atoms with E-state index in [2.05, 4.69) is 5.32 Å². The van der Waals surface area contributed by atoms with E-state index in [9.17, 15) is 18.0 Å². The molecule has 0 aromatic carbocycles. The molecule has 1 unspecified atom stereocenters. The lowest BCUT2D eigenvalue weighted by Gasteiger charge is -2.32. The van der Waals surface area contributed by atoms with Crippen LogP contribution in [-0.4, -0.2) is 62.6 Å². The van der Waals surface area contributed by atoms with Crippen molar-refractivity contribution in [2.24, 2.45) is 5.92 Å². The molecule has 2 aliphatic heterocycles. The van der Waals surface area contributed by atoms with Crippen molar-refractivity contribution in [1.82, 2.24) is 10.2 Å². The zero-order chi connectivity index (χ0) is 16.2. The van der Waals surface area contributed by atoms with Crippen molar-refractivity contribution in [1.29, 1.82) is 0 Å². The molecular formula is C14H24N2O5S. The lowest BCUT2D eigenvalue weighted by atomic mass is 10.0. The third kappa shape index (κ3) is 4.59. The van der Waals surface area contributed by atoms with Gasteiger partial charge in [-0.05, 0) is 32.6 Å². The number of carbonyl (C=O) groups is 2. The summed E-state index contributed by atoms with van der Waals surface area (Å²) in [5.41, 5.74) is 0. The lowest BCUT2D eigenvalue weighted by molar-refractivity contribution is -0.125. The molecule has 1 N–H and O–H groups in total. The Morgan fingerprint density at radius 3 is 2.50 bits per heavy atom. The third-order valence-electron chi connectivity index (χ3n) is 4.20. The van der Waals surface area contributed by atoms with Gasteiger partial charge in [0.1, 0.15) is 0 Å². The summed E-state index contributed by atoms with van der Waals surface area (Å²) in [5.74, 6) is -0.449. The van der Waals surface area contributed by atoms with Crippen molar-refractivity contribution in [2.75, 3.05) is 31.2 Å². The van der Waals surface area contributed by atoms with Crippen molar-refractivity contribution in [3.05, 3.63) is 0 Å². The van der Waals surface area contributed by atoms with Crippen molar-refractivity contribution in [2.45, 2.75) is 38.6 Å². The molecule has 0 bridgehead atoms. The summed E-state index contributed by atoms with van der Waals surface area (Å²) in [4.78, 5) is 25.4. The highest BCUT2D eigenvalue weighted by Crippen LogP contribution is 2.19. The number of likely N-dealkylation sites (tertiary alicyclic amines) is 1. The SMILES string of the molecule is CCOC(=O)N1CCC(NC(=O)C2CCCS(=O)(=O)C2)CC1. The maximum Gasteiger partial charge on any atom is 0.409 e. The number of hydrogen-bond acceptors (Lipinski definition) is 5. The van der Waals surface area contributed by atoms with Gasteiger partial charge in [0.2, 0.25) is 5.91 Å². The topological polar surface area (TPSA) is 92.8 Å². The number of nitrogens with one attached hydrogen (secondary N) is 1. The molecule has 2 heterocycles. The van der Waals surface area contributed by atoms with E-state index < -0.39 is 15.8 Å². The van der Waals surface area contributed by atoms with Crippen LogP contribution < -0.4 is 5.32 Å². The van der Waals surface area contributed by atoms with Gasteiger partial charge in [-0.25, -0.2) is 13.2 Å². The molecule has 2 fully saturated rings. The number of nitrogens with zero attached hydrogens (tertiary/aromatic N) is 1. The Morgan fingerprint density at radius 1 is 1.23 bits per heavy atom. The molecule has 0 spiro atoms. The second-order valence-corrected chi connectivity index (χ2v) is 8.15. The Hall–Kier alpha value is -1.31. The Morgan fingerprint density at radius 2 is 1.91 bits per heavy atom. The Kier molecular flexibility index (Phi) is 5.66. The van der Waals surface area contributed by atoms with Crippen LogP contribution in [0.5, 0.6) is 0 Å². The summed E-state index contributed by atoms with van der Waals surface area (Å²) in [7, 11) is -3.07. The highest BCUT2D eigenvalue weighted by Gasteiger charge is 2.32. The standard InChI is InChI=1S/C14H24N2O5S/c1-2-21-14(18)16-7-5-12(6-8-16)15-13(17)11-4-3-9-22(19,20)10-11/h11-12H,2-10H2,1H3,(H,15,17). The van der Waals surface area contributed by atoms with Crippen molar-refractivity contribution < 1.29 is 22.7 Å². The third-order valence-corrected chi connectivity index (χ3v) is 6.02. The van der Waals surface area contributed by atoms with Gasteiger partial charge in [0.05, 0.1) is 24.0 Å². The molecule has 2 rings (SSSR count). The number of amides is 2. The fourth-order valence-corrected chi connectivity index (χ4v) is 4.67. The van der Waals surface area contributed by atoms with E-state index in [0.29, 0.717) is 45.4 Å². The fourth-order valence-electron chi connectivity index (χ4n) is 2.97. The molecule has 0 radical (unpaired) electrons. The molecule has 0 aliphatic carbocycles. The van der Waals surface area contributed by atoms with Crippen LogP contribution in [0.4, 0.5) is 4.79 Å². The van der Waals surface area contributed by atoms with Gasteiger partial charge < -0.3 is 15.0 Å². The predicted molar refractivity (Wildman–Crippen MR) is 81.1 cm³/mol. The molecule has 8 heteroatoms. The first-order valence-electron chi connectivity index (χ1n) is 7.84. The number of rotatable bonds is 3. The molecule has 2 amide bonds. The van der Waals surface area contributed by atoms with Crippen molar-refractivity contribution in [3.63, 3.8) is 0 Å². The van der Waals surface area contributed by atoms with Gasteiger partial charge in [-0.15, -0.1) is 0 Å². The number of carbonyl (C=O) groups excluding carboxylic acids is 2. The van der Waals surface area contributed by atoms with Gasteiger partial charge in [-0.1, -0.05) is 0 Å². The molecule has 0 aromatic rings. The molecule has 1 atom stereocenters. The van der Waals surface area contributed by atoms with E-state index in [0.717, 1.165) is 0 Å². The average Bonchev–Trinajstić information content (AvgIpc) is 2.47. The number of piperidine rings is 1. The highest BCUT2D eigenvalue weighted by molar-refractivity contribution is 7.91. The zero-order valence-corrected chi connectivity index (χ0v) is 13.7. The molecular weight excluding hydrogens is 308 g/mol. The number of hydrogen-bond donors (Lipinski definition) is 1. The number of ether oxygens (including phenoxy) is 1. The monoisotopic (exact) mass is 332 g/mol. The zero-order valence-electron chi connectivity index (χ0n) is 12.9.